The smallest absolute Gasteiger partial charge is 0.0409 e. The van der Waals surface area contributed by atoms with Crippen molar-refractivity contribution in [2.24, 2.45) is 0 Å². The van der Waals surface area contributed by atoms with E-state index in [2.05, 4.69) is 55.6 Å². The summed E-state index contributed by atoms with van der Waals surface area (Å²) in [7, 11) is 0. The van der Waals surface area contributed by atoms with Gasteiger partial charge in [-0.3, -0.25) is 0 Å². The van der Waals surface area contributed by atoms with Crippen LogP contribution in [0.25, 0.3) is 0 Å². The number of likely N-dealkylation sites (N-methyl/N-ethyl adjacent to an activating group) is 1. The first-order chi connectivity index (χ1) is 9.72. The van der Waals surface area contributed by atoms with Gasteiger partial charge in [0.25, 0.3) is 0 Å². The highest BCUT2D eigenvalue weighted by Crippen LogP contribution is 2.22. The number of hydrogen-bond acceptors (Lipinski definition) is 1. The largest absolute Gasteiger partial charge is 0.310 e. The van der Waals surface area contributed by atoms with Gasteiger partial charge < -0.3 is 5.32 Å². The van der Waals surface area contributed by atoms with E-state index in [9.17, 15) is 0 Å². The molecule has 1 N–H and O–H groups in total. The second-order valence-corrected chi connectivity index (χ2v) is 5.48. The number of nitrogens with one attached hydrogen (secondary N) is 1. The third-order valence-corrected chi connectivity index (χ3v) is 3.81. The topological polar surface area (TPSA) is 12.0 Å². The molecule has 0 saturated heterocycles. The monoisotopic (exact) mass is 287 g/mol. The van der Waals surface area contributed by atoms with Crippen molar-refractivity contribution in [3.63, 3.8) is 0 Å². The summed E-state index contributed by atoms with van der Waals surface area (Å²) in [6.45, 7) is 5.27. The van der Waals surface area contributed by atoms with E-state index >= 15 is 0 Å². The highest BCUT2D eigenvalue weighted by Gasteiger charge is 2.11. The number of benzene rings is 2. The lowest BCUT2D eigenvalue weighted by molar-refractivity contribution is 0.550. The molecule has 0 aliphatic heterocycles. The second kappa shape index (κ2) is 7.47. The average molecular weight is 288 g/mol. The minimum Gasteiger partial charge on any atom is -0.310 e. The molecule has 0 spiro atoms. The van der Waals surface area contributed by atoms with Crippen molar-refractivity contribution in [1.29, 1.82) is 0 Å². The first-order valence-electron chi connectivity index (χ1n) is 7.29. The zero-order chi connectivity index (χ0) is 14.4. The molecule has 0 aliphatic carbocycles. The maximum Gasteiger partial charge on any atom is 0.0409 e. The van der Waals surface area contributed by atoms with Gasteiger partial charge in [0.05, 0.1) is 0 Å². The molecule has 0 bridgehead atoms. The van der Waals surface area contributed by atoms with Crippen molar-refractivity contribution in [3.05, 3.63) is 70.2 Å². The van der Waals surface area contributed by atoms with Crippen LogP contribution in [-0.2, 0) is 12.8 Å². The summed E-state index contributed by atoms with van der Waals surface area (Å²) in [6, 6.07) is 17.3. The molecule has 1 nitrogen and oxygen atoms in total. The van der Waals surface area contributed by atoms with Crippen LogP contribution in [0.5, 0.6) is 0 Å². The number of rotatable bonds is 6. The molecule has 106 valence electrons. The number of hydrogen-bond donors (Lipinski definition) is 1. The van der Waals surface area contributed by atoms with Gasteiger partial charge in [0.15, 0.2) is 0 Å². The van der Waals surface area contributed by atoms with Gasteiger partial charge in [-0.15, -0.1) is 0 Å². The maximum absolute atomic E-state index is 6.10. The van der Waals surface area contributed by atoms with Crippen molar-refractivity contribution in [2.75, 3.05) is 6.54 Å². The summed E-state index contributed by atoms with van der Waals surface area (Å²) >= 11 is 6.10. The van der Waals surface area contributed by atoms with Gasteiger partial charge in [-0.25, -0.2) is 0 Å². The van der Waals surface area contributed by atoms with Crippen molar-refractivity contribution < 1.29 is 0 Å². The van der Waals surface area contributed by atoms with E-state index in [0.717, 1.165) is 24.4 Å². The summed E-state index contributed by atoms with van der Waals surface area (Å²) in [5, 5.41) is 4.34. The molecular weight excluding hydrogens is 266 g/mol. The van der Waals surface area contributed by atoms with Crippen molar-refractivity contribution in [3.8, 4) is 0 Å². The van der Waals surface area contributed by atoms with Crippen LogP contribution < -0.4 is 5.32 Å². The summed E-state index contributed by atoms with van der Waals surface area (Å²) < 4.78 is 0. The van der Waals surface area contributed by atoms with Gasteiger partial charge in [-0.05, 0) is 48.2 Å². The zero-order valence-electron chi connectivity index (χ0n) is 12.2. The fraction of sp³-hybridized carbons (Fsp3) is 0.333. The number of aryl methyl sites for hydroxylation is 1. The molecule has 2 heteroatoms. The summed E-state index contributed by atoms with van der Waals surface area (Å²) in [4.78, 5) is 0. The van der Waals surface area contributed by atoms with Gasteiger partial charge in [0, 0.05) is 11.1 Å². The lowest BCUT2D eigenvalue weighted by atomic mass is 9.98. The highest BCUT2D eigenvalue weighted by molar-refractivity contribution is 6.30. The van der Waals surface area contributed by atoms with Crippen LogP contribution in [0.2, 0.25) is 5.02 Å². The first-order valence-corrected chi connectivity index (χ1v) is 7.67. The fourth-order valence-electron chi connectivity index (χ4n) is 2.42. The van der Waals surface area contributed by atoms with Crippen molar-refractivity contribution >= 4 is 11.6 Å². The van der Waals surface area contributed by atoms with Crippen LogP contribution in [0.1, 0.15) is 36.6 Å². The second-order valence-electron chi connectivity index (χ2n) is 5.04. The minimum atomic E-state index is 0.311. The third-order valence-electron chi connectivity index (χ3n) is 3.57. The van der Waals surface area contributed by atoms with Gasteiger partial charge in [0.1, 0.15) is 0 Å². The lowest BCUT2D eigenvalue weighted by Crippen LogP contribution is -2.22. The molecule has 0 aromatic heterocycles. The van der Waals surface area contributed by atoms with Crippen molar-refractivity contribution in [1.82, 2.24) is 5.32 Å². The molecule has 0 radical (unpaired) electrons. The average Bonchev–Trinajstić information content (AvgIpc) is 2.47. The molecule has 0 saturated carbocycles. The molecule has 0 aliphatic rings. The summed E-state index contributed by atoms with van der Waals surface area (Å²) in [5.74, 6) is 0. The Bertz CT molecular complexity index is 533. The fourth-order valence-corrected chi connectivity index (χ4v) is 2.62. The van der Waals surface area contributed by atoms with Crippen LogP contribution in [0.3, 0.4) is 0 Å². The van der Waals surface area contributed by atoms with Crippen LogP contribution >= 0.6 is 11.6 Å². The molecule has 0 heterocycles. The molecule has 1 atom stereocenters. The Morgan fingerprint density at radius 3 is 2.30 bits per heavy atom. The molecule has 20 heavy (non-hydrogen) atoms. The van der Waals surface area contributed by atoms with Gasteiger partial charge in [0.2, 0.25) is 0 Å². The Morgan fingerprint density at radius 2 is 1.70 bits per heavy atom. The van der Waals surface area contributed by atoms with E-state index in [0.29, 0.717) is 6.04 Å². The molecule has 1 unspecified atom stereocenters. The van der Waals surface area contributed by atoms with E-state index in [4.69, 9.17) is 11.6 Å². The van der Waals surface area contributed by atoms with Crippen LogP contribution in [0.4, 0.5) is 0 Å². The Morgan fingerprint density at radius 1 is 1.00 bits per heavy atom. The van der Waals surface area contributed by atoms with Gasteiger partial charge >= 0.3 is 0 Å². The number of halogens is 1. The Hall–Kier alpha value is -1.31. The predicted molar refractivity (Wildman–Crippen MR) is 87.4 cm³/mol. The van der Waals surface area contributed by atoms with E-state index < -0.39 is 0 Å². The highest BCUT2D eigenvalue weighted by atomic mass is 35.5. The van der Waals surface area contributed by atoms with Gasteiger partial charge in [-0.1, -0.05) is 61.8 Å². The van der Waals surface area contributed by atoms with E-state index in [1.165, 1.54) is 16.7 Å². The van der Waals surface area contributed by atoms with Crippen molar-refractivity contribution in [2.45, 2.75) is 32.7 Å². The van der Waals surface area contributed by atoms with Crippen LogP contribution in [0, 0.1) is 0 Å². The summed E-state index contributed by atoms with van der Waals surface area (Å²) in [6.07, 6.45) is 2.07. The van der Waals surface area contributed by atoms with Gasteiger partial charge in [-0.2, -0.15) is 0 Å². The van der Waals surface area contributed by atoms with E-state index in [1.54, 1.807) is 0 Å². The SMILES string of the molecule is CCNC(Cc1ccc(CC)cc1)c1cccc(Cl)c1. The van der Waals surface area contributed by atoms with Crippen LogP contribution in [0.15, 0.2) is 48.5 Å². The zero-order valence-corrected chi connectivity index (χ0v) is 13.0. The molecule has 2 aromatic rings. The minimum absolute atomic E-state index is 0.311. The standard InChI is InChI=1S/C18H22ClN/c1-3-14-8-10-15(11-9-14)12-18(20-4-2)16-6-5-7-17(19)13-16/h5-11,13,18,20H,3-4,12H2,1-2H3. The molecule has 0 amide bonds. The molecule has 0 fully saturated rings. The first kappa shape index (κ1) is 15.1. The predicted octanol–water partition coefficient (Wildman–Crippen LogP) is 4.80. The summed E-state index contributed by atoms with van der Waals surface area (Å²) in [5.41, 5.74) is 3.99. The Kier molecular flexibility index (Phi) is 5.63. The molecular formula is C18H22ClN. The normalized spacial score (nSPS) is 12.3. The van der Waals surface area contributed by atoms with E-state index in [1.807, 2.05) is 12.1 Å². The molecule has 2 rings (SSSR count). The Labute approximate surface area is 127 Å². The maximum atomic E-state index is 6.10. The van der Waals surface area contributed by atoms with E-state index in [-0.39, 0.29) is 0 Å². The van der Waals surface area contributed by atoms with Crippen LogP contribution in [-0.4, -0.2) is 6.54 Å². The quantitative estimate of drug-likeness (QED) is 0.805. The Balaban J connectivity index is 2.16. The third kappa shape index (κ3) is 4.09. The molecule has 2 aromatic carbocycles. The lowest BCUT2D eigenvalue weighted by Gasteiger charge is -2.19.